The van der Waals surface area contributed by atoms with E-state index in [2.05, 4.69) is 12.1 Å². The largest absolute Gasteiger partial charge is 0.331 e. The molecule has 2 aliphatic heterocycles. The Balaban J connectivity index is 1.32. The van der Waals surface area contributed by atoms with Gasteiger partial charge in [0.25, 0.3) is 0 Å². The number of hydrogen-bond acceptors (Lipinski definition) is 3. The average Bonchev–Trinajstić information content (AvgIpc) is 3.31. The molecule has 3 heterocycles. The van der Waals surface area contributed by atoms with Crippen molar-refractivity contribution in [3.05, 3.63) is 87.4 Å². The maximum absolute atomic E-state index is 13.5. The number of rotatable bonds is 4. The van der Waals surface area contributed by atoms with Crippen molar-refractivity contribution in [3.8, 4) is 0 Å². The van der Waals surface area contributed by atoms with E-state index >= 15 is 0 Å². The van der Waals surface area contributed by atoms with Crippen molar-refractivity contribution in [2.24, 2.45) is 0 Å². The monoisotopic (exact) mass is 448 g/mol. The van der Waals surface area contributed by atoms with Crippen LogP contribution >= 0.6 is 11.3 Å². The van der Waals surface area contributed by atoms with Crippen molar-refractivity contribution in [1.82, 2.24) is 4.90 Å². The number of aryl methyl sites for hydroxylation is 1. The zero-order valence-corrected chi connectivity index (χ0v) is 18.6. The molecule has 0 fully saturated rings. The highest BCUT2D eigenvalue weighted by Crippen LogP contribution is 2.38. The van der Waals surface area contributed by atoms with Crippen LogP contribution in [-0.2, 0) is 22.4 Å². The van der Waals surface area contributed by atoms with Crippen LogP contribution in [0.5, 0.6) is 0 Å². The fourth-order valence-corrected chi connectivity index (χ4v) is 5.78. The lowest BCUT2D eigenvalue weighted by Crippen LogP contribution is -2.41. The highest BCUT2D eigenvalue weighted by Gasteiger charge is 2.33. The van der Waals surface area contributed by atoms with E-state index in [1.54, 1.807) is 23.5 Å². The van der Waals surface area contributed by atoms with Crippen molar-refractivity contribution < 1.29 is 14.0 Å². The number of anilines is 1. The van der Waals surface area contributed by atoms with Gasteiger partial charge in [0.1, 0.15) is 5.82 Å². The van der Waals surface area contributed by atoms with Crippen LogP contribution in [0.3, 0.4) is 0 Å². The highest BCUT2D eigenvalue weighted by atomic mass is 32.1. The molecule has 2 aliphatic rings. The molecule has 0 spiro atoms. The van der Waals surface area contributed by atoms with Gasteiger partial charge in [-0.15, -0.1) is 11.3 Å². The molecule has 5 rings (SSSR count). The molecule has 0 radical (unpaired) electrons. The third-order valence-corrected chi connectivity index (χ3v) is 7.43. The summed E-state index contributed by atoms with van der Waals surface area (Å²) < 4.78 is 13.5. The number of amides is 2. The van der Waals surface area contributed by atoms with Crippen LogP contribution in [0.2, 0.25) is 0 Å². The van der Waals surface area contributed by atoms with E-state index in [-0.39, 0.29) is 36.5 Å². The first kappa shape index (κ1) is 20.9. The number of halogens is 1. The minimum atomic E-state index is -0.291. The molecule has 4 nitrogen and oxygen atoms in total. The van der Waals surface area contributed by atoms with Gasteiger partial charge in [-0.3, -0.25) is 9.59 Å². The molecule has 1 aromatic heterocycles. The molecule has 6 heteroatoms. The lowest BCUT2D eigenvalue weighted by molar-refractivity contribution is -0.135. The quantitative estimate of drug-likeness (QED) is 0.556. The summed E-state index contributed by atoms with van der Waals surface area (Å²) in [4.78, 5) is 31.3. The Labute approximate surface area is 191 Å². The van der Waals surface area contributed by atoms with Crippen molar-refractivity contribution in [2.45, 2.75) is 38.1 Å². The number of benzene rings is 2. The average molecular weight is 449 g/mol. The Morgan fingerprint density at radius 2 is 1.72 bits per heavy atom. The van der Waals surface area contributed by atoms with Crippen LogP contribution in [0.1, 0.15) is 46.9 Å². The maximum Gasteiger partial charge on any atom is 0.227 e. The molecule has 2 amide bonds. The van der Waals surface area contributed by atoms with Crippen LogP contribution in [0, 0.1) is 5.82 Å². The van der Waals surface area contributed by atoms with Gasteiger partial charge in [-0.05, 0) is 65.6 Å². The van der Waals surface area contributed by atoms with Gasteiger partial charge in [0, 0.05) is 36.5 Å². The molecule has 3 aromatic rings. The minimum absolute atomic E-state index is 0.00272. The summed E-state index contributed by atoms with van der Waals surface area (Å²) in [6.45, 7) is 1.30. The number of thiophene rings is 1. The summed E-state index contributed by atoms with van der Waals surface area (Å²) in [6.07, 6.45) is 3.10. The maximum atomic E-state index is 13.5. The number of fused-ring (bicyclic) bond motifs is 2. The van der Waals surface area contributed by atoms with Gasteiger partial charge < -0.3 is 9.80 Å². The van der Waals surface area contributed by atoms with Crippen LogP contribution in [-0.4, -0.2) is 29.8 Å². The number of hydrogen-bond donors (Lipinski definition) is 0. The molecular formula is C26H25FN2O2S. The minimum Gasteiger partial charge on any atom is -0.331 e. The third-order valence-electron chi connectivity index (χ3n) is 6.44. The lowest BCUT2D eigenvalue weighted by Gasteiger charge is -2.36. The van der Waals surface area contributed by atoms with Crippen molar-refractivity contribution in [1.29, 1.82) is 0 Å². The number of para-hydroxylation sites is 1. The molecule has 1 unspecified atom stereocenters. The molecule has 0 bridgehead atoms. The predicted molar refractivity (Wildman–Crippen MR) is 124 cm³/mol. The van der Waals surface area contributed by atoms with Gasteiger partial charge in [0.15, 0.2) is 0 Å². The predicted octanol–water partition coefficient (Wildman–Crippen LogP) is 5.12. The van der Waals surface area contributed by atoms with Gasteiger partial charge in [-0.2, -0.15) is 0 Å². The first-order valence-electron chi connectivity index (χ1n) is 11.1. The SMILES string of the molecule is O=C(CCC(=O)N1CCc2sccc2C1c1ccc(F)cc1)N1CCCc2ccccc21. The summed E-state index contributed by atoms with van der Waals surface area (Å²) in [5, 5.41) is 2.05. The van der Waals surface area contributed by atoms with E-state index in [1.807, 2.05) is 33.4 Å². The summed E-state index contributed by atoms with van der Waals surface area (Å²) in [7, 11) is 0. The Morgan fingerprint density at radius 1 is 0.938 bits per heavy atom. The fraction of sp³-hybridized carbons (Fsp3) is 0.308. The standard InChI is InChI=1S/C26H25FN2O2S/c27-20-9-7-19(8-10-20)26-21-14-17-32-23(21)13-16-29(26)25(31)12-11-24(30)28-15-3-5-18-4-1-2-6-22(18)28/h1-2,4,6-10,14,17,26H,3,5,11-13,15-16H2. The van der Waals surface area contributed by atoms with Gasteiger partial charge in [-0.25, -0.2) is 4.39 Å². The van der Waals surface area contributed by atoms with Crippen LogP contribution in [0.15, 0.2) is 60.0 Å². The normalized spacial score (nSPS) is 17.6. The van der Waals surface area contributed by atoms with Gasteiger partial charge in [0.2, 0.25) is 11.8 Å². The van der Waals surface area contributed by atoms with Crippen LogP contribution in [0.4, 0.5) is 10.1 Å². The van der Waals surface area contributed by atoms with E-state index in [9.17, 15) is 14.0 Å². The fourth-order valence-electron chi connectivity index (χ4n) is 4.87. The van der Waals surface area contributed by atoms with E-state index in [0.717, 1.165) is 36.1 Å². The molecular weight excluding hydrogens is 423 g/mol. The number of carbonyl (C=O) groups excluding carboxylic acids is 2. The Bertz CT molecular complexity index is 1140. The summed E-state index contributed by atoms with van der Waals surface area (Å²) in [5.41, 5.74) is 4.17. The highest BCUT2D eigenvalue weighted by molar-refractivity contribution is 7.10. The molecule has 2 aromatic carbocycles. The van der Waals surface area contributed by atoms with E-state index in [1.165, 1.54) is 22.6 Å². The van der Waals surface area contributed by atoms with Crippen LogP contribution < -0.4 is 4.90 Å². The molecule has 32 heavy (non-hydrogen) atoms. The third kappa shape index (κ3) is 3.95. The topological polar surface area (TPSA) is 40.6 Å². The molecule has 0 N–H and O–H groups in total. The first-order valence-corrected chi connectivity index (χ1v) is 12.0. The Morgan fingerprint density at radius 3 is 2.56 bits per heavy atom. The van der Waals surface area contributed by atoms with Crippen molar-refractivity contribution in [3.63, 3.8) is 0 Å². The molecule has 0 saturated carbocycles. The zero-order valence-electron chi connectivity index (χ0n) is 17.8. The zero-order chi connectivity index (χ0) is 22.1. The molecule has 0 aliphatic carbocycles. The second-order valence-electron chi connectivity index (χ2n) is 8.37. The van der Waals surface area contributed by atoms with Gasteiger partial charge >= 0.3 is 0 Å². The van der Waals surface area contributed by atoms with Crippen molar-refractivity contribution in [2.75, 3.05) is 18.0 Å². The summed E-state index contributed by atoms with van der Waals surface area (Å²) in [6, 6.07) is 16.2. The number of nitrogens with zero attached hydrogens (tertiary/aromatic N) is 2. The molecule has 1 atom stereocenters. The van der Waals surface area contributed by atoms with E-state index < -0.39 is 0 Å². The van der Waals surface area contributed by atoms with Gasteiger partial charge in [-0.1, -0.05) is 30.3 Å². The molecule has 164 valence electrons. The smallest absolute Gasteiger partial charge is 0.227 e. The number of carbonyl (C=O) groups is 2. The Hall–Kier alpha value is -2.99. The second kappa shape index (κ2) is 8.87. The summed E-state index contributed by atoms with van der Waals surface area (Å²) in [5.74, 6) is -0.327. The Kier molecular flexibility index (Phi) is 5.79. The van der Waals surface area contributed by atoms with E-state index in [0.29, 0.717) is 13.1 Å². The lowest BCUT2D eigenvalue weighted by atomic mass is 9.92. The molecule has 0 saturated heterocycles. The van der Waals surface area contributed by atoms with Gasteiger partial charge in [0.05, 0.1) is 6.04 Å². The summed E-state index contributed by atoms with van der Waals surface area (Å²) >= 11 is 1.70. The van der Waals surface area contributed by atoms with Crippen molar-refractivity contribution >= 4 is 28.8 Å². The first-order chi connectivity index (χ1) is 15.6. The van der Waals surface area contributed by atoms with Crippen LogP contribution in [0.25, 0.3) is 0 Å². The second-order valence-corrected chi connectivity index (χ2v) is 9.37. The van der Waals surface area contributed by atoms with E-state index in [4.69, 9.17) is 0 Å².